The summed E-state index contributed by atoms with van der Waals surface area (Å²) in [7, 11) is 0. The van der Waals surface area contributed by atoms with E-state index in [2.05, 4.69) is 0 Å². The van der Waals surface area contributed by atoms with Gasteiger partial charge < -0.3 is 33.2 Å². The van der Waals surface area contributed by atoms with Crippen molar-refractivity contribution in [3.8, 4) is 11.5 Å². The maximum Gasteiger partial charge on any atom is 0.119 e. The average Bonchev–Trinajstić information content (AvgIpc) is 3.75. The summed E-state index contributed by atoms with van der Waals surface area (Å²) in [6, 6.07) is 16.1. The normalized spacial score (nSPS) is 20.6. The third-order valence-corrected chi connectivity index (χ3v) is 5.71. The zero-order chi connectivity index (χ0) is 24.6. The number of hydrogen-bond acceptors (Lipinski definition) is 7. The molecule has 7 nitrogen and oxygen atoms in total. The van der Waals surface area contributed by atoms with Crippen molar-refractivity contribution in [2.24, 2.45) is 0 Å². The standard InChI is InChI=1S/C28H38O7/c1-19(2)29-13-15-31-23-9-5-21(6-10-23)27(25-17-33-25)35-28(26-18-34-26)22-7-11-24(12-8-22)32-16-14-30-20(3)4/h5-12,19-20,25-28H,13-18H2,1-4H3. The highest BCUT2D eigenvalue weighted by atomic mass is 16.6. The fraction of sp³-hybridized carbons (Fsp3) is 0.571. The Bertz CT molecular complexity index is 800. The van der Waals surface area contributed by atoms with Crippen LogP contribution in [0.1, 0.15) is 51.0 Å². The molecule has 0 amide bonds. The van der Waals surface area contributed by atoms with E-state index in [4.69, 9.17) is 33.2 Å². The number of ether oxygens (including phenoxy) is 7. The quantitative estimate of drug-likeness (QED) is 0.247. The number of epoxide rings is 2. The Balaban J connectivity index is 1.35. The molecule has 2 aliphatic rings. The Morgan fingerprint density at radius 1 is 0.629 bits per heavy atom. The third kappa shape index (κ3) is 8.47. The smallest absolute Gasteiger partial charge is 0.119 e. The van der Waals surface area contributed by atoms with E-state index >= 15 is 0 Å². The van der Waals surface area contributed by atoms with Gasteiger partial charge in [-0.05, 0) is 63.1 Å². The second-order valence-electron chi connectivity index (χ2n) is 9.39. The summed E-state index contributed by atoms with van der Waals surface area (Å²) in [5, 5.41) is 0. The Labute approximate surface area is 208 Å². The van der Waals surface area contributed by atoms with Gasteiger partial charge in [0.2, 0.25) is 0 Å². The molecule has 0 N–H and O–H groups in total. The van der Waals surface area contributed by atoms with Crippen LogP contribution in [0.3, 0.4) is 0 Å². The zero-order valence-corrected chi connectivity index (χ0v) is 21.2. The highest BCUT2D eigenvalue weighted by Gasteiger charge is 2.42. The van der Waals surface area contributed by atoms with Gasteiger partial charge in [0.1, 0.15) is 49.1 Å². The molecule has 0 saturated carbocycles. The zero-order valence-electron chi connectivity index (χ0n) is 21.2. The van der Waals surface area contributed by atoms with Crippen LogP contribution in [0.5, 0.6) is 11.5 Å². The highest BCUT2D eigenvalue weighted by Crippen LogP contribution is 2.40. The van der Waals surface area contributed by atoms with Crippen LogP contribution >= 0.6 is 0 Å². The summed E-state index contributed by atoms with van der Waals surface area (Å²) < 4.78 is 40.5. The molecule has 2 aromatic carbocycles. The lowest BCUT2D eigenvalue weighted by Crippen LogP contribution is -2.19. The van der Waals surface area contributed by atoms with E-state index in [1.54, 1.807) is 0 Å². The molecule has 2 saturated heterocycles. The summed E-state index contributed by atoms with van der Waals surface area (Å²) in [5.74, 6) is 1.63. The largest absolute Gasteiger partial charge is 0.491 e. The third-order valence-electron chi connectivity index (χ3n) is 5.71. The van der Waals surface area contributed by atoms with E-state index < -0.39 is 0 Å². The first-order valence-electron chi connectivity index (χ1n) is 12.6. The first kappa shape index (κ1) is 25.9. The van der Waals surface area contributed by atoms with Crippen LogP contribution in [0.4, 0.5) is 0 Å². The first-order valence-corrected chi connectivity index (χ1v) is 12.6. The molecule has 0 radical (unpaired) electrons. The van der Waals surface area contributed by atoms with Gasteiger partial charge in [-0.25, -0.2) is 0 Å². The number of rotatable bonds is 16. The molecule has 2 aliphatic heterocycles. The van der Waals surface area contributed by atoms with E-state index in [-0.39, 0.29) is 36.6 Å². The average molecular weight is 487 g/mol. The van der Waals surface area contributed by atoms with Gasteiger partial charge in [0, 0.05) is 0 Å². The molecule has 4 atom stereocenters. The molecule has 7 heteroatoms. The predicted molar refractivity (Wildman–Crippen MR) is 132 cm³/mol. The molecule has 0 aromatic heterocycles. The summed E-state index contributed by atoms with van der Waals surface area (Å²) in [6.07, 6.45) is 0.151. The van der Waals surface area contributed by atoms with E-state index in [0.29, 0.717) is 39.6 Å². The molecule has 4 rings (SSSR count). The molecule has 2 aromatic rings. The van der Waals surface area contributed by atoms with E-state index in [1.165, 1.54) is 0 Å². The maximum atomic E-state index is 6.63. The van der Waals surface area contributed by atoms with Crippen molar-refractivity contribution in [2.45, 2.75) is 64.3 Å². The van der Waals surface area contributed by atoms with Gasteiger partial charge in [-0.2, -0.15) is 0 Å². The minimum atomic E-state index is -0.174. The lowest BCUT2D eigenvalue weighted by Gasteiger charge is -2.24. The predicted octanol–water partition coefficient (Wildman–Crippen LogP) is 4.89. The van der Waals surface area contributed by atoms with Crippen molar-refractivity contribution in [1.29, 1.82) is 0 Å². The summed E-state index contributed by atoms with van der Waals surface area (Å²) in [6.45, 7) is 11.6. The second kappa shape index (κ2) is 12.7. The minimum absolute atomic E-state index is 0.0472. The number of hydrogen-bond donors (Lipinski definition) is 0. The molecule has 0 aliphatic carbocycles. The molecule has 0 spiro atoms. The van der Waals surface area contributed by atoms with Crippen molar-refractivity contribution in [3.63, 3.8) is 0 Å². The van der Waals surface area contributed by atoms with Crippen LogP contribution in [0.2, 0.25) is 0 Å². The number of benzene rings is 2. The van der Waals surface area contributed by atoms with Crippen LogP contribution in [-0.4, -0.2) is 64.1 Å². The van der Waals surface area contributed by atoms with Crippen molar-refractivity contribution in [1.82, 2.24) is 0 Å². The van der Waals surface area contributed by atoms with Crippen molar-refractivity contribution < 1.29 is 33.2 Å². The van der Waals surface area contributed by atoms with Gasteiger partial charge in [-0.15, -0.1) is 0 Å². The van der Waals surface area contributed by atoms with E-state index in [1.807, 2.05) is 76.2 Å². The molecule has 2 fully saturated rings. The Morgan fingerprint density at radius 3 is 1.31 bits per heavy atom. The molecule has 2 heterocycles. The van der Waals surface area contributed by atoms with Gasteiger partial charge in [0.25, 0.3) is 0 Å². The molecule has 192 valence electrons. The first-order chi connectivity index (χ1) is 17.0. The van der Waals surface area contributed by atoms with Crippen molar-refractivity contribution >= 4 is 0 Å². The van der Waals surface area contributed by atoms with E-state index in [9.17, 15) is 0 Å². The summed E-state index contributed by atoms with van der Waals surface area (Å²) in [4.78, 5) is 0. The van der Waals surface area contributed by atoms with Gasteiger partial charge in [-0.1, -0.05) is 24.3 Å². The van der Waals surface area contributed by atoms with Gasteiger partial charge >= 0.3 is 0 Å². The van der Waals surface area contributed by atoms with Gasteiger partial charge in [-0.3, -0.25) is 0 Å². The van der Waals surface area contributed by atoms with Gasteiger partial charge in [0.15, 0.2) is 0 Å². The second-order valence-corrected chi connectivity index (χ2v) is 9.39. The Morgan fingerprint density at radius 2 is 1.00 bits per heavy atom. The summed E-state index contributed by atoms with van der Waals surface area (Å²) >= 11 is 0. The summed E-state index contributed by atoms with van der Waals surface area (Å²) in [5.41, 5.74) is 2.13. The molecule has 4 unspecified atom stereocenters. The monoisotopic (exact) mass is 486 g/mol. The lowest BCUT2D eigenvalue weighted by molar-refractivity contribution is -0.0419. The van der Waals surface area contributed by atoms with Crippen molar-refractivity contribution in [3.05, 3.63) is 59.7 Å². The molecular formula is C28H38O7. The maximum absolute atomic E-state index is 6.63. The topological polar surface area (TPSA) is 71.2 Å². The van der Waals surface area contributed by atoms with Gasteiger partial charge in [0.05, 0.1) is 38.6 Å². The van der Waals surface area contributed by atoms with Crippen LogP contribution in [-0.2, 0) is 23.7 Å². The van der Waals surface area contributed by atoms with Crippen molar-refractivity contribution in [2.75, 3.05) is 39.6 Å². The molecule has 0 bridgehead atoms. The Hall–Kier alpha value is -2.16. The van der Waals surface area contributed by atoms with Crippen LogP contribution in [0.15, 0.2) is 48.5 Å². The SMILES string of the molecule is CC(C)OCCOc1ccc(C(OC(c2ccc(OCCOC(C)C)cc2)C2CO2)C2CO2)cc1. The van der Waals surface area contributed by atoms with Crippen LogP contribution < -0.4 is 9.47 Å². The minimum Gasteiger partial charge on any atom is -0.491 e. The fourth-order valence-electron chi connectivity index (χ4n) is 3.77. The van der Waals surface area contributed by atoms with Crippen LogP contribution in [0, 0.1) is 0 Å². The highest BCUT2D eigenvalue weighted by molar-refractivity contribution is 5.32. The fourth-order valence-corrected chi connectivity index (χ4v) is 3.77. The molecule has 35 heavy (non-hydrogen) atoms. The Kier molecular flexibility index (Phi) is 9.40. The molecular weight excluding hydrogens is 448 g/mol. The van der Waals surface area contributed by atoms with E-state index in [0.717, 1.165) is 22.6 Å². The van der Waals surface area contributed by atoms with Crippen LogP contribution in [0.25, 0.3) is 0 Å². The lowest BCUT2D eigenvalue weighted by atomic mass is 10.0.